The van der Waals surface area contributed by atoms with Crippen LogP contribution in [0.15, 0.2) is 28.7 Å². The van der Waals surface area contributed by atoms with Gasteiger partial charge in [-0.1, -0.05) is 12.1 Å². The van der Waals surface area contributed by atoms with Crippen LogP contribution in [0, 0.1) is 12.8 Å². The third-order valence-corrected chi connectivity index (χ3v) is 5.37. The monoisotopic (exact) mass is 342 g/mol. The maximum atomic E-state index is 5.59. The highest BCUT2D eigenvalue weighted by Gasteiger charge is 2.35. The second-order valence-corrected chi connectivity index (χ2v) is 7.28. The molecule has 0 unspecified atom stereocenters. The zero-order chi connectivity index (χ0) is 17.2. The van der Waals surface area contributed by atoms with Crippen molar-refractivity contribution in [3.05, 3.63) is 41.6 Å². The summed E-state index contributed by atoms with van der Waals surface area (Å²) in [6.07, 6.45) is 2.58. The number of nitrogens with zero attached hydrogens (tertiary/aromatic N) is 4. The number of aromatic nitrogens is 2. The summed E-state index contributed by atoms with van der Waals surface area (Å²) in [5.74, 6) is 3.03. The highest BCUT2D eigenvalue weighted by atomic mass is 16.5. The van der Waals surface area contributed by atoms with E-state index in [1.165, 1.54) is 24.9 Å². The number of benzene rings is 1. The van der Waals surface area contributed by atoms with Crippen molar-refractivity contribution in [2.75, 3.05) is 26.7 Å². The van der Waals surface area contributed by atoms with Crippen molar-refractivity contribution in [1.82, 2.24) is 20.0 Å². The van der Waals surface area contributed by atoms with Crippen LogP contribution in [0.4, 0.5) is 0 Å². The maximum Gasteiger partial charge on any atom is 0.230 e. The Kier molecular flexibility index (Phi) is 4.72. The first-order valence-corrected chi connectivity index (χ1v) is 9.08. The summed E-state index contributed by atoms with van der Waals surface area (Å²) >= 11 is 0. The topological polar surface area (TPSA) is 54.6 Å². The minimum atomic E-state index is 0.573. The van der Waals surface area contributed by atoms with Crippen LogP contribution < -0.4 is 4.74 Å². The SMILES string of the molecule is COc1ccc(CN2C[C@@H]3CC[C@H](C2)N(Cc2nnc(C)o2)C3)cc1. The van der Waals surface area contributed by atoms with Gasteiger partial charge in [0.15, 0.2) is 0 Å². The lowest BCUT2D eigenvalue weighted by Gasteiger charge is -2.35. The van der Waals surface area contributed by atoms with Gasteiger partial charge < -0.3 is 9.15 Å². The number of aryl methyl sites for hydroxylation is 1. The third kappa shape index (κ3) is 3.85. The molecular weight excluding hydrogens is 316 g/mol. The Bertz CT molecular complexity index is 700. The first kappa shape index (κ1) is 16.5. The molecule has 1 aromatic carbocycles. The molecule has 0 amide bonds. The van der Waals surface area contributed by atoms with E-state index in [0.29, 0.717) is 11.9 Å². The fraction of sp³-hybridized carbons (Fsp3) is 0.579. The lowest BCUT2D eigenvalue weighted by molar-refractivity contribution is 0.111. The molecule has 134 valence electrons. The summed E-state index contributed by atoms with van der Waals surface area (Å²) in [5, 5.41) is 8.13. The Morgan fingerprint density at radius 1 is 1.08 bits per heavy atom. The molecule has 3 aliphatic rings. The fourth-order valence-electron chi connectivity index (χ4n) is 4.16. The van der Waals surface area contributed by atoms with Crippen molar-refractivity contribution in [3.63, 3.8) is 0 Å². The van der Waals surface area contributed by atoms with Crippen molar-refractivity contribution in [2.24, 2.45) is 5.92 Å². The molecular formula is C19H26N4O2. The second-order valence-electron chi connectivity index (χ2n) is 7.28. The van der Waals surface area contributed by atoms with Crippen molar-refractivity contribution in [2.45, 2.75) is 38.9 Å². The normalized spacial score (nSPS) is 24.4. The lowest BCUT2D eigenvalue weighted by Crippen LogP contribution is -2.43. The van der Waals surface area contributed by atoms with Gasteiger partial charge in [-0.2, -0.15) is 0 Å². The van der Waals surface area contributed by atoms with Gasteiger partial charge in [0.1, 0.15) is 5.75 Å². The molecule has 0 radical (unpaired) electrons. The van der Waals surface area contributed by atoms with Crippen molar-refractivity contribution < 1.29 is 9.15 Å². The number of rotatable bonds is 5. The van der Waals surface area contributed by atoms with Gasteiger partial charge in [-0.3, -0.25) is 9.80 Å². The minimum absolute atomic E-state index is 0.573. The largest absolute Gasteiger partial charge is 0.497 e. The number of hydrogen-bond donors (Lipinski definition) is 0. The Morgan fingerprint density at radius 2 is 1.92 bits per heavy atom. The third-order valence-electron chi connectivity index (χ3n) is 5.37. The molecule has 2 aromatic rings. The van der Waals surface area contributed by atoms with Gasteiger partial charge in [0.2, 0.25) is 11.8 Å². The van der Waals surface area contributed by atoms with Gasteiger partial charge in [0.25, 0.3) is 0 Å². The van der Waals surface area contributed by atoms with E-state index in [4.69, 9.17) is 9.15 Å². The van der Waals surface area contributed by atoms with Crippen LogP contribution >= 0.6 is 0 Å². The van der Waals surface area contributed by atoms with E-state index in [9.17, 15) is 0 Å². The first-order chi connectivity index (χ1) is 12.2. The van der Waals surface area contributed by atoms with E-state index in [0.717, 1.165) is 43.7 Å². The predicted octanol–water partition coefficient (Wildman–Crippen LogP) is 2.48. The molecule has 3 fully saturated rings. The number of methoxy groups -OCH3 is 1. The molecule has 0 saturated carbocycles. The van der Waals surface area contributed by atoms with E-state index in [2.05, 4.69) is 32.1 Å². The summed E-state index contributed by atoms with van der Waals surface area (Å²) in [4.78, 5) is 5.14. The van der Waals surface area contributed by atoms with E-state index >= 15 is 0 Å². The average Bonchev–Trinajstić information content (AvgIpc) is 2.84. The highest BCUT2D eigenvalue weighted by molar-refractivity contribution is 5.27. The number of ether oxygens (including phenoxy) is 1. The molecule has 5 rings (SSSR count). The summed E-state index contributed by atoms with van der Waals surface area (Å²) in [7, 11) is 1.71. The molecule has 25 heavy (non-hydrogen) atoms. The highest BCUT2D eigenvalue weighted by Crippen LogP contribution is 2.30. The van der Waals surface area contributed by atoms with Gasteiger partial charge >= 0.3 is 0 Å². The number of hydrogen-bond acceptors (Lipinski definition) is 6. The maximum absolute atomic E-state index is 5.59. The molecule has 2 atom stereocenters. The second kappa shape index (κ2) is 7.14. The van der Waals surface area contributed by atoms with Crippen molar-refractivity contribution in [3.8, 4) is 5.75 Å². The Balaban J connectivity index is 1.41. The Morgan fingerprint density at radius 3 is 2.64 bits per heavy atom. The number of fused-ring (bicyclic) bond motifs is 4. The average molecular weight is 342 g/mol. The van der Waals surface area contributed by atoms with E-state index < -0.39 is 0 Å². The lowest BCUT2D eigenvalue weighted by atomic mass is 9.95. The van der Waals surface area contributed by atoms with Crippen LogP contribution in [0.2, 0.25) is 0 Å². The Hall–Kier alpha value is -1.92. The van der Waals surface area contributed by atoms with Crippen LogP contribution in [0.1, 0.15) is 30.2 Å². The van der Waals surface area contributed by atoms with Gasteiger partial charge in [-0.15, -0.1) is 10.2 Å². The molecule has 6 nitrogen and oxygen atoms in total. The van der Waals surface area contributed by atoms with E-state index in [-0.39, 0.29) is 0 Å². The predicted molar refractivity (Wildman–Crippen MR) is 94.2 cm³/mol. The zero-order valence-electron chi connectivity index (χ0n) is 15.0. The molecule has 1 aromatic heterocycles. The van der Waals surface area contributed by atoms with Gasteiger partial charge in [0.05, 0.1) is 13.7 Å². The molecule has 4 heterocycles. The summed E-state index contributed by atoms with van der Waals surface area (Å²) in [6, 6.07) is 9.01. The molecule has 3 aliphatic heterocycles. The fourth-order valence-corrected chi connectivity index (χ4v) is 4.16. The minimum Gasteiger partial charge on any atom is -0.497 e. The van der Waals surface area contributed by atoms with E-state index in [1.807, 2.05) is 19.1 Å². The van der Waals surface area contributed by atoms with Crippen molar-refractivity contribution >= 4 is 0 Å². The van der Waals surface area contributed by atoms with Gasteiger partial charge in [-0.25, -0.2) is 0 Å². The molecule has 0 spiro atoms. The molecule has 6 heteroatoms. The van der Waals surface area contributed by atoms with E-state index in [1.54, 1.807) is 7.11 Å². The molecule has 0 N–H and O–H groups in total. The smallest absolute Gasteiger partial charge is 0.230 e. The summed E-state index contributed by atoms with van der Waals surface area (Å²) in [6.45, 7) is 7.04. The van der Waals surface area contributed by atoms with Crippen LogP contribution in [0.5, 0.6) is 5.75 Å². The molecule has 0 aliphatic carbocycles. The summed E-state index contributed by atoms with van der Waals surface area (Å²) in [5.41, 5.74) is 1.35. The zero-order valence-corrected chi connectivity index (χ0v) is 15.0. The van der Waals surface area contributed by atoms with Crippen molar-refractivity contribution in [1.29, 1.82) is 0 Å². The standard InChI is InChI=1S/C19H26N4O2/c1-14-20-21-19(25-14)13-23-11-16-3-6-17(23)12-22(10-16)9-15-4-7-18(24-2)8-5-15/h4-5,7-8,16-17H,3,6,9-13H2,1-2H3/t16-,17+/m0/s1. The molecule has 2 bridgehead atoms. The summed E-state index contributed by atoms with van der Waals surface area (Å²) < 4.78 is 10.8. The van der Waals surface area contributed by atoms with Crippen LogP contribution in [0.3, 0.4) is 0 Å². The van der Waals surface area contributed by atoms with Crippen LogP contribution in [0.25, 0.3) is 0 Å². The van der Waals surface area contributed by atoms with Crippen LogP contribution in [-0.4, -0.2) is 52.8 Å². The first-order valence-electron chi connectivity index (χ1n) is 9.08. The Labute approximate surface area is 148 Å². The number of piperidine rings is 1. The van der Waals surface area contributed by atoms with Gasteiger partial charge in [0, 0.05) is 39.1 Å². The van der Waals surface area contributed by atoms with Gasteiger partial charge in [-0.05, 0) is 36.5 Å². The quantitative estimate of drug-likeness (QED) is 0.832. The molecule has 3 saturated heterocycles. The van der Waals surface area contributed by atoms with Crippen LogP contribution in [-0.2, 0) is 13.1 Å².